The molecule has 1 nitrogen and oxygen atoms in total. The van der Waals surface area contributed by atoms with Crippen molar-refractivity contribution in [2.24, 2.45) is 11.3 Å². The van der Waals surface area contributed by atoms with E-state index in [1.54, 1.807) is 0 Å². The Labute approximate surface area is 76.7 Å². The summed E-state index contributed by atoms with van der Waals surface area (Å²) in [4.78, 5) is 0. The summed E-state index contributed by atoms with van der Waals surface area (Å²) >= 11 is 0. The molecule has 1 fully saturated rings. The Kier molecular flexibility index (Phi) is 2.63. The zero-order valence-corrected chi connectivity index (χ0v) is 8.20. The Bertz CT molecular complexity index is 160. The van der Waals surface area contributed by atoms with Crippen molar-refractivity contribution in [1.82, 2.24) is 5.32 Å². The number of hydrogen-bond acceptors (Lipinski definition) is 1. The van der Waals surface area contributed by atoms with Crippen LogP contribution in [-0.4, -0.2) is 18.8 Å². The first-order valence-corrected chi connectivity index (χ1v) is 4.53. The van der Waals surface area contributed by atoms with Gasteiger partial charge < -0.3 is 5.32 Å². The normalized spacial score (nSPS) is 30.9. The molecule has 1 N–H and O–H groups in total. The van der Waals surface area contributed by atoms with Crippen LogP contribution in [0.3, 0.4) is 0 Å². The first-order chi connectivity index (χ1) is 5.73. The Morgan fingerprint density at radius 3 is 2.00 bits per heavy atom. The molecule has 2 atom stereocenters. The molecule has 0 aromatic heterocycles. The molecule has 1 saturated heterocycles. The van der Waals surface area contributed by atoms with Crippen molar-refractivity contribution < 1.29 is 13.2 Å². The average molecular weight is 195 g/mol. The van der Waals surface area contributed by atoms with Gasteiger partial charge in [0.15, 0.2) is 0 Å². The molecule has 0 amide bonds. The first-order valence-electron chi connectivity index (χ1n) is 4.53. The molecule has 0 aromatic rings. The summed E-state index contributed by atoms with van der Waals surface area (Å²) in [6.45, 7) is 6.07. The molecule has 1 heterocycles. The Balaban J connectivity index is 2.76. The zero-order chi connectivity index (χ0) is 10.3. The largest absolute Gasteiger partial charge is 0.404 e. The molecule has 1 aliphatic heterocycles. The van der Waals surface area contributed by atoms with Crippen LogP contribution in [0.4, 0.5) is 13.2 Å². The van der Waals surface area contributed by atoms with Gasteiger partial charge in [0, 0.05) is 0 Å². The SMILES string of the molecule is CC(C)(C)C1CCNC1C(F)(F)F. The highest BCUT2D eigenvalue weighted by Gasteiger charge is 2.50. The highest BCUT2D eigenvalue weighted by Crippen LogP contribution is 2.40. The fourth-order valence-corrected chi connectivity index (χ4v) is 1.98. The fraction of sp³-hybridized carbons (Fsp3) is 1.00. The van der Waals surface area contributed by atoms with Gasteiger partial charge in [-0.2, -0.15) is 13.2 Å². The average Bonchev–Trinajstić information content (AvgIpc) is 2.27. The zero-order valence-electron chi connectivity index (χ0n) is 8.20. The molecule has 0 aromatic carbocycles. The summed E-state index contributed by atoms with van der Waals surface area (Å²) < 4.78 is 37.4. The Hall–Kier alpha value is -0.250. The van der Waals surface area contributed by atoms with E-state index in [1.807, 2.05) is 20.8 Å². The van der Waals surface area contributed by atoms with Crippen LogP contribution >= 0.6 is 0 Å². The quantitative estimate of drug-likeness (QED) is 0.626. The van der Waals surface area contributed by atoms with Crippen LogP contribution in [-0.2, 0) is 0 Å². The highest BCUT2D eigenvalue weighted by atomic mass is 19.4. The summed E-state index contributed by atoms with van der Waals surface area (Å²) in [6, 6.07) is -1.31. The number of hydrogen-bond donors (Lipinski definition) is 1. The number of halogens is 3. The second kappa shape index (κ2) is 3.15. The minimum Gasteiger partial charge on any atom is -0.306 e. The molecule has 0 radical (unpaired) electrons. The second-order valence-corrected chi connectivity index (χ2v) is 4.73. The van der Waals surface area contributed by atoms with Crippen LogP contribution in [0.15, 0.2) is 0 Å². The Morgan fingerprint density at radius 1 is 1.15 bits per heavy atom. The minimum atomic E-state index is -4.10. The van der Waals surface area contributed by atoms with E-state index in [0.29, 0.717) is 13.0 Å². The van der Waals surface area contributed by atoms with Gasteiger partial charge in [-0.1, -0.05) is 20.8 Å². The van der Waals surface area contributed by atoms with Crippen LogP contribution in [0, 0.1) is 11.3 Å². The van der Waals surface area contributed by atoms with Gasteiger partial charge in [-0.25, -0.2) is 0 Å². The third-order valence-corrected chi connectivity index (χ3v) is 2.69. The standard InChI is InChI=1S/C9H16F3N/c1-8(2,3)6-4-5-13-7(6)9(10,11)12/h6-7,13H,4-5H2,1-3H3. The van der Waals surface area contributed by atoms with Crippen LogP contribution in [0.2, 0.25) is 0 Å². The van der Waals surface area contributed by atoms with Gasteiger partial charge in [-0.15, -0.1) is 0 Å². The lowest BCUT2D eigenvalue weighted by Crippen LogP contribution is -2.45. The van der Waals surface area contributed by atoms with Gasteiger partial charge in [-0.3, -0.25) is 0 Å². The van der Waals surface area contributed by atoms with Crippen molar-refractivity contribution >= 4 is 0 Å². The highest BCUT2D eigenvalue weighted by molar-refractivity contribution is 4.94. The molecule has 13 heavy (non-hydrogen) atoms. The second-order valence-electron chi connectivity index (χ2n) is 4.73. The van der Waals surface area contributed by atoms with Crippen LogP contribution in [0.1, 0.15) is 27.2 Å². The smallest absolute Gasteiger partial charge is 0.306 e. The predicted molar refractivity (Wildman–Crippen MR) is 45.4 cm³/mol. The molecule has 0 aliphatic carbocycles. The van der Waals surface area contributed by atoms with Gasteiger partial charge >= 0.3 is 6.18 Å². The Morgan fingerprint density at radius 2 is 1.69 bits per heavy atom. The van der Waals surface area contributed by atoms with Crippen LogP contribution < -0.4 is 5.32 Å². The maximum absolute atomic E-state index is 12.5. The molecular weight excluding hydrogens is 179 g/mol. The van der Waals surface area contributed by atoms with Crippen molar-refractivity contribution in [1.29, 1.82) is 0 Å². The van der Waals surface area contributed by atoms with Gasteiger partial charge in [0.25, 0.3) is 0 Å². The first kappa shape index (κ1) is 10.8. The molecule has 78 valence electrons. The van der Waals surface area contributed by atoms with Crippen molar-refractivity contribution in [3.63, 3.8) is 0 Å². The van der Waals surface area contributed by atoms with E-state index < -0.39 is 12.2 Å². The van der Waals surface area contributed by atoms with E-state index in [1.165, 1.54) is 0 Å². The molecule has 4 heteroatoms. The lowest BCUT2D eigenvalue weighted by molar-refractivity contribution is -0.168. The van der Waals surface area contributed by atoms with Crippen molar-refractivity contribution in [2.45, 2.75) is 39.4 Å². The van der Waals surface area contributed by atoms with E-state index in [4.69, 9.17) is 0 Å². The number of nitrogens with one attached hydrogen (secondary N) is 1. The molecule has 2 unspecified atom stereocenters. The minimum absolute atomic E-state index is 0.274. The van der Waals surface area contributed by atoms with Crippen LogP contribution in [0.25, 0.3) is 0 Å². The summed E-state index contributed by atoms with van der Waals surface area (Å²) in [5.74, 6) is -0.299. The summed E-state index contributed by atoms with van der Waals surface area (Å²) in [6.07, 6.45) is -3.48. The van der Waals surface area contributed by atoms with Crippen molar-refractivity contribution in [2.75, 3.05) is 6.54 Å². The maximum Gasteiger partial charge on any atom is 0.404 e. The number of alkyl halides is 3. The molecule has 0 bridgehead atoms. The van der Waals surface area contributed by atoms with E-state index in [9.17, 15) is 13.2 Å². The van der Waals surface area contributed by atoms with E-state index in [-0.39, 0.29) is 11.3 Å². The molecule has 1 rings (SSSR count). The molecule has 1 aliphatic rings. The van der Waals surface area contributed by atoms with Gasteiger partial charge in [0.05, 0.1) is 0 Å². The molecule has 0 spiro atoms. The third-order valence-electron chi connectivity index (χ3n) is 2.69. The van der Waals surface area contributed by atoms with Gasteiger partial charge in [0.1, 0.15) is 6.04 Å². The summed E-state index contributed by atoms with van der Waals surface area (Å²) in [5.41, 5.74) is -0.274. The monoisotopic (exact) mass is 195 g/mol. The third kappa shape index (κ3) is 2.36. The van der Waals surface area contributed by atoms with E-state index in [0.717, 1.165) is 0 Å². The van der Waals surface area contributed by atoms with Crippen molar-refractivity contribution in [3.8, 4) is 0 Å². The summed E-state index contributed by atoms with van der Waals surface area (Å²) in [5, 5.41) is 2.53. The molecule has 0 saturated carbocycles. The van der Waals surface area contributed by atoms with E-state index >= 15 is 0 Å². The lowest BCUT2D eigenvalue weighted by Gasteiger charge is -2.32. The lowest BCUT2D eigenvalue weighted by atomic mass is 9.76. The van der Waals surface area contributed by atoms with Crippen molar-refractivity contribution in [3.05, 3.63) is 0 Å². The maximum atomic E-state index is 12.5. The topological polar surface area (TPSA) is 12.0 Å². The van der Waals surface area contributed by atoms with Gasteiger partial charge in [-0.05, 0) is 24.3 Å². The van der Waals surface area contributed by atoms with E-state index in [2.05, 4.69) is 5.32 Å². The van der Waals surface area contributed by atoms with Gasteiger partial charge in [0.2, 0.25) is 0 Å². The summed E-state index contributed by atoms with van der Waals surface area (Å²) in [7, 11) is 0. The fourth-order valence-electron chi connectivity index (χ4n) is 1.98. The van der Waals surface area contributed by atoms with Crippen LogP contribution in [0.5, 0.6) is 0 Å². The molecular formula is C9H16F3N. The predicted octanol–water partition coefficient (Wildman–Crippen LogP) is 2.57. The number of rotatable bonds is 0.